The van der Waals surface area contributed by atoms with Crippen LogP contribution in [-0.2, 0) is 10.0 Å². The van der Waals surface area contributed by atoms with Crippen LogP contribution in [0.1, 0.15) is 19.3 Å². The molecule has 1 aliphatic heterocycles. The van der Waals surface area contributed by atoms with E-state index in [1.807, 2.05) is 14.1 Å². The van der Waals surface area contributed by atoms with E-state index in [0.29, 0.717) is 19.0 Å². The average Bonchev–Trinajstić information content (AvgIpc) is 2.15. The minimum absolute atomic E-state index is 0.134. The summed E-state index contributed by atoms with van der Waals surface area (Å²) in [6.07, 6.45) is 4.24. The third-order valence-corrected chi connectivity index (χ3v) is 4.46. The van der Waals surface area contributed by atoms with Crippen LogP contribution in [0.4, 0.5) is 0 Å². The van der Waals surface area contributed by atoms with Crippen LogP contribution >= 0.6 is 0 Å². The number of likely N-dealkylation sites (N-methyl/N-ethyl adjacent to an activating group) is 1. The van der Waals surface area contributed by atoms with E-state index in [1.54, 1.807) is 4.31 Å². The highest BCUT2D eigenvalue weighted by Gasteiger charge is 2.26. The number of hydrogen-bond donors (Lipinski definition) is 1. The smallest absolute Gasteiger partial charge is 0.211 e. The predicted octanol–water partition coefficient (Wildman–Crippen LogP) is -0.0630. The van der Waals surface area contributed by atoms with Crippen LogP contribution in [-0.4, -0.2) is 63.7 Å². The van der Waals surface area contributed by atoms with E-state index >= 15 is 0 Å². The van der Waals surface area contributed by atoms with E-state index in [0.717, 1.165) is 25.8 Å². The molecule has 0 aromatic rings. The molecule has 2 unspecified atom stereocenters. The van der Waals surface area contributed by atoms with E-state index in [9.17, 15) is 8.42 Å². The zero-order valence-corrected chi connectivity index (χ0v) is 11.9. The van der Waals surface area contributed by atoms with Gasteiger partial charge < -0.3 is 10.6 Å². The maximum Gasteiger partial charge on any atom is 0.211 e. The van der Waals surface area contributed by atoms with Gasteiger partial charge in [-0.25, -0.2) is 12.7 Å². The van der Waals surface area contributed by atoms with E-state index in [2.05, 4.69) is 4.90 Å². The van der Waals surface area contributed by atoms with Crippen molar-refractivity contribution in [2.75, 3.05) is 40.0 Å². The Kier molecular flexibility index (Phi) is 5.37. The van der Waals surface area contributed by atoms with Crippen LogP contribution in [0.2, 0.25) is 0 Å². The van der Waals surface area contributed by atoms with Gasteiger partial charge in [-0.1, -0.05) is 0 Å². The number of nitrogens with zero attached hydrogens (tertiary/aromatic N) is 2. The molecule has 0 aliphatic carbocycles. The van der Waals surface area contributed by atoms with Gasteiger partial charge in [0.1, 0.15) is 0 Å². The summed E-state index contributed by atoms with van der Waals surface area (Å²) in [5.74, 6) is 0.411. The molecule has 0 aromatic carbocycles. The molecule has 2 N–H and O–H groups in total. The molecule has 0 saturated carbocycles. The van der Waals surface area contributed by atoms with Gasteiger partial charge in [0.15, 0.2) is 0 Å². The van der Waals surface area contributed by atoms with Gasteiger partial charge in [-0.15, -0.1) is 0 Å². The topological polar surface area (TPSA) is 66.6 Å². The van der Waals surface area contributed by atoms with Crippen molar-refractivity contribution in [1.29, 1.82) is 0 Å². The molecule has 0 bridgehead atoms. The van der Waals surface area contributed by atoms with Gasteiger partial charge in [0.05, 0.1) is 6.26 Å². The van der Waals surface area contributed by atoms with Crippen molar-refractivity contribution < 1.29 is 8.42 Å². The van der Waals surface area contributed by atoms with Crippen LogP contribution < -0.4 is 5.73 Å². The first-order valence-electron chi connectivity index (χ1n) is 6.14. The van der Waals surface area contributed by atoms with E-state index in [4.69, 9.17) is 5.73 Å². The lowest BCUT2D eigenvalue weighted by atomic mass is 9.92. The van der Waals surface area contributed by atoms with Crippen molar-refractivity contribution in [2.24, 2.45) is 11.7 Å². The summed E-state index contributed by atoms with van der Waals surface area (Å²) in [7, 11) is 0.971. The highest BCUT2D eigenvalue weighted by Crippen LogP contribution is 2.22. The van der Waals surface area contributed by atoms with Crippen LogP contribution in [0, 0.1) is 5.92 Å². The quantitative estimate of drug-likeness (QED) is 0.754. The molecule has 17 heavy (non-hydrogen) atoms. The molecule has 1 heterocycles. The van der Waals surface area contributed by atoms with Crippen LogP contribution in [0.5, 0.6) is 0 Å². The Morgan fingerprint density at radius 2 is 2.12 bits per heavy atom. The molecular formula is C11H25N3O2S. The summed E-state index contributed by atoms with van der Waals surface area (Å²) in [5, 5.41) is 0. The van der Waals surface area contributed by atoms with Gasteiger partial charge >= 0.3 is 0 Å². The van der Waals surface area contributed by atoms with Gasteiger partial charge in [0.25, 0.3) is 0 Å². The standard InChI is InChI=1S/C11H25N3O2S/c1-13(2)9-11(12)7-10-5-4-6-14(8-10)17(3,15)16/h10-11H,4-9,12H2,1-3H3. The molecule has 0 aromatic heterocycles. The minimum atomic E-state index is -3.04. The fraction of sp³-hybridized carbons (Fsp3) is 1.00. The van der Waals surface area contributed by atoms with Crippen molar-refractivity contribution in [2.45, 2.75) is 25.3 Å². The predicted molar refractivity (Wildman–Crippen MR) is 70.3 cm³/mol. The first-order chi connectivity index (χ1) is 7.79. The van der Waals surface area contributed by atoms with Crippen LogP contribution in [0.25, 0.3) is 0 Å². The molecule has 1 saturated heterocycles. The Bertz CT molecular complexity index is 330. The van der Waals surface area contributed by atoms with Gasteiger partial charge in [0, 0.05) is 25.7 Å². The second-order valence-electron chi connectivity index (χ2n) is 5.39. The van der Waals surface area contributed by atoms with E-state index in [1.165, 1.54) is 6.26 Å². The highest BCUT2D eigenvalue weighted by atomic mass is 32.2. The second-order valence-corrected chi connectivity index (χ2v) is 7.37. The van der Waals surface area contributed by atoms with Crippen molar-refractivity contribution in [3.63, 3.8) is 0 Å². The number of hydrogen-bond acceptors (Lipinski definition) is 4. The van der Waals surface area contributed by atoms with Crippen molar-refractivity contribution in [3.05, 3.63) is 0 Å². The molecule has 2 atom stereocenters. The zero-order chi connectivity index (χ0) is 13.1. The van der Waals surface area contributed by atoms with Gasteiger partial charge in [-0.05, 0) is 39.3 Å². The monoisotopic (exact) mass is 263 g/mol. The number of sulfonamides is 1. The van der Waals surface area contributed by atoms with Gasteiger partial charge in [-0.3, -0.25) is 0 Å². The number of nitrogens with two attached hydrogens (primary N) is 1. The number of piperidine rings is 1. The third kappa shape index (κ3) is 5.33. The number of rotatable bonds is 5. The molecule has 1 rings (SSSR count). The van der Waals surface area contributed by atoms with Crippen molar-refractivity contribution in [1.82, 2.24) is 9.21 Å². The summed E-state index contributed by atoms with van der Waals surface area (Å²) in [4.78, 5) is 2.07. The van der Waals surface area contributed by atoms with Crippen LogP contribution in [0.15, 0.2) is 0 Å². The van der Waals surface area contributed by atoms with Crippen molar-refractivity contribution >= 4 is 10.0 Å². The first-order valence-corrected chi connectivity index (χ1v) is 7.99. The Balaban J connectivity index is 2.45. The zero-order valence-electron chi connectivity index (χ0n) is 11.1. The first kappa shape index (κ1) is 14.9. The molecule has 5 nitrogen and oxygen atoms in total. The fourth-order valence-electron chi connectivity index (χ4n) is 2.49. The summed E-state index contributed by atoms with van der Waals surface area (Å²) in [5.41, 5.74) is 6.05. The summed E-state index contributed by atoms with van der Waals surface area (Å²) in [6.45, 7) is 2.16. The third-order valence-electron chi connectivity index (χ3n) is 3.19. The molecule has 6 heteroatoms. The maximum absolute atomic E-state index is 11.5. The Labute approximate surface area is 105 Å². The Hall–Kier alpha value is -0.170. The lowest BCUT2D eigenvalue weighted by molar-refractivity contribution is 0.234. The van der Waals surface area contributed by atoms with Gasteiger partial charge in [-0.2, -0.15) is 0 Å². The Morgan fingerprint density at radius 1 is 1.47 bits per heavy atom. The lowest BCUT2D eigenvalue weighted by Crippen LogP contribution is -2.42. The average molecular weight is 263 g/mol. The Morgan fingerprint density at radius 3 is 2.65 bits per heavy atom. The van der Waals surface area contributed by atoms with E-state index < -0.39 is 10.0 Å². The summed E-state index contributed by atoms with van der Waals surface area (Å²) >= 11 is 0. The molecule has 1 aliphatic rings. The maximum atomic E-state index is 11.5. The molecule has 102 valence electrons. The molecular weight excluding hydrogens is 238 g/mol. The summed E-state index contributed by atoms with van der Waals surface area (Å²) < 4.78 is 24.6. The minimum Gasteiger partial charge on any atom is -0.327 e. The second kappa shape index (κ2) is 6.13. The molecule has 0 radical (unpaired) electrons. The normalized spacial score (nSPS) is 25.1. The highest BCUT2D eigenvalue weighted by molar-refractivity contribution is 7.88. The molecule has 0 amide bonds. The van der Waals surface area contributed by atoms with Crippen LogP contribution in [0.3, 0.4) is 0 Å². The van der Waals surface area contributed by atoms with Crippen molar-refractivity contribution in [3.8, 4) is 0 Å². The fourth-order valence-corrected chi connectivity index (χ4v) is 3.43. The SMILES string of the molecule is CN(C)CC(N)CC1CCCN(S(C)(=O)=O)C1. The molecule has 0 spiro atoms. The van der Waals surface area contributed by atoms with E-state index in [-0.39, 0.29) is 6.04 Å². The largest absolute Gasteiger partial charge is 0.327 e. The lowest BCUT2D eigenvalue weighted by Gasteiger charge is -2.32. The van der Waals surface area contributed by atoms with Gasteiger partial charge in [0.2, 0.25) is 10.0 Å². The molecule has 1 fully saturated rings. The summed E-state index contributed by atoms with van der Waals surface area (Å²) in [6, 6.07) is 0.134.